The van der Waals surface area contributed by atoms with E-state index in [0.717, 1.165) is 22.5 Å². The summed E-state index contributed by atoms with van der Waals surface area (Å²) in [4.78, 5) is 27.7. The number of rotatable bonds is 11. The van der Waals surface area contributed by atoms with Crippen LogP contribution in [0, 0.1) is 0 Å². The van der Waals surface area contributed by atoms with Gasteiger partial charge in [0.15, 0.2) is 0 Å². The van der Waals surface area contributed by atoms with E-state index < -0.39 is 28.5 Å². The smallest absolute Gasteiger partial charge is 0.244 e. The van der Waals surface area contributed by atoms with Crippen LogP contribution in [0.25, 0.3) is 0 Å². The molecule has 2 aromatic carbocycles. The van der Waals surface area contributed by atoms with E-state index in [-0.39, 0.29) is 29.2 Å². The van der Waals surface area contributed by atoms with E-state index in [4.69, 9.17) is 23.2 Å². The van der Waals surface area contributed by atoms with Crippen LogP contribution in [0.15, 0.2) is 48.5 Å². The van der Waals surface area contributed by atoms with Gasteiger partial charge in [-0.1, -0.05) is 60.5 Å². The first-order chi connectivity index (χ1) is 15.9. The number of nitrogens with one attached hydrogen (secondary N) is 1. The van der Waals surface area contributed by atoms with Crippen LogP contribution in [-0.4, -0.2) is 56.6 Å². The number of nitrogens with zero attached hydrogens (tertiary/aromatic N) is 2. The highest BCUT2D eigenvalue weighted by atomic mass is 35.5. The van der Waals surface area contributed by atoms with Gasteiger partial charge in [-0.2, -0.15) is 0 Å². The van der Waals surface area contributed by atoms with Crippen molar-refractivity contribution in [3.8, 4) is 0 Å². The highest BCUT2D eigenvalue weighted by molar-refractivity contribution is 7.92. The van der Waals surface area contributed by atoms with Crippen LogP contribution < -0.4 is 9.62 Å². The van der Waals surface area contributed by atoms with Gasteiger partial charge < -0.3 is 10.2 Å². The van der Waals surface area contributed by atoms with Gasteiger partial charge in [0, 0.05) is 17.6 Å². The van der Waals surface area contributed by atoms with Crippen molar-refractivity contribution in [3.63, 3.8) is 0 Å². The molecule has 0 saturated heterocycles. The molecule has 0 bridgehead atoms. The predicted molar refractivity (Wildman–Crippen MR) is 138 cm³/mol. The molecule has 1 N–H and O–H groups in total. The summed E-state index contributed by atoms with van der Waals surface area (Å²) in [6.45, 7) is 5.21. The van der Waals surface area contributed by atoms with Crippen LogP contribution in [-0.2, 0) is 26.0 Å². The molecule has 0 radical (unpaired) electrons. The van der Waals surface area contributed by atoms with Crippen molar-refractivity contribution in [1.82, 2.24) is 10.2 Å². The minimum Gasteiger partial charge on any atom is -0.352 e. The van der Waals surface area contributed by atoms with Crippen molar-refractivity contribution in [1.29, 1.82) is 0 Å². The summed E-state index contributed by atoms with van der Waals surface area (Å²) in [5, 5.41) is 3.34. The maximum Gasteiger partial charge on any atom is 0.244 e. The first-order valence-corrected chi connectivity index (χ1v) is 13.6. The molecule has 0 spiro atoms. The Kier molecular flexibility index (Phi) is 10.2. The number of hydrogen-bond donors (Lipinski definition) is 1. The minimum absolute atomic E-state index is 0.0542. The predicted octanol–water partition coefficient (Wildman–Crippen LogP) is 4.13. The van der Waals surface area contributed by atoms with Gasteiger partial charge in [-0.15, -0.1) is 0 Å². The lowest BCUT2D eigenvalue weighted by molar-refractivity contribution is -0.139. The maximum absolute atomic E-state index is 13.4. The molecular formula is C24H31Cl2N3O4S. The normalized spacial score (nSPS) is 13.1. The van der Waals surface area contributed by atoms with E-state index in [1.54, 1.807) is 6.92 Å². The summed E-state index contributed by atoms with van der Waals surface area (Å²) in [6.07, 6.45) is 2.25. The second kappa shape index (κ2) is 12.4. The molecule has 0 fully saturated rings. The van der Waals surface area contributed by atoms with Crippen LogP contribution in [0.2, 0.25) is 10.0 Å². The number of sulfonamides is 1. The maximum atomic E-state index is 13.4. The molecular weight excluding hydrogens is 497 g/mol. The number of halogens is 2. The first kappa shape index (κ1) is 28.0. The van der Waals surface area contributed by atoms with Crippen molar-refractivity contribution in [2.45, 2.75) is 45.7 Å². The Morgan fingerprint density at radius 3 is 2.26 bits per heavy atom. The number of carbonyl (C=O) groups is 2. The zero-order valence-corrected chi connectivity index (χ0v) is 22.1. The van der Waals surface area contributed by atoms with Crippen molar-refractivity contribution in [2.24, 2.45) is 0 Å². The molecule has 0 saturated carbocycles. The molecule has 10 heteroatoms. The van der Waals surface area contributed by atoms with Crippen LogP contribution in [0.1, 0.15) is 32.8 Å². The summed E-state index contributed by atoms with van der Waals surface area (Å²) in [5.41, 5.74) is 1.14. The summed E-state index contributed by atoms with van der Waals surface area (Å²) >= 11 is 12.2. The summed E-state index contributed by atoms with van der Waals surface area (Å²) in [5.74, 6) is -0.814. The quantitative estimate of drug-likeness (QED) is 0.475. The van der Waals surface area contributed by atoms with Crippen molar-refractivity contribution >= 4 is 50.7 Å². The van der Waals surface area contributed by atoms with Gasteiger partial charge in [0.25, 0.3) is 0 Å². The van der Waals surface area contributed by atoms with Crippen LogP contribution >= 0.6 is 23.2 Å². The molecule has 0 aromatic heterocycles. The number of hydrogen-bond acceptors (Lipinski definition) is 4. The summed E-state index contributed by atoms with van der Waals surface area (Å²) in [6, 6.07) is 13.1. The third-order valence-electron chi connectivity index (χ3n) is 5.51. The van der Waals surface area contributed by atoms with Crippen molar-refractivity contribution in [3.05, 3.63) is 64.1 Å². The standard InChI is InChI=1S/C24H31Cl2N3O4S/c1-5-17(2)27-24(31)18(3)28(14-13-19-9-7-6-8-10-19)23(30)16-29(34(4,32)33)22-12-11-20(25)15-21(22)26/h6-12,15,17-18H,5,13-14,16H2,1-4H3,(H,27,31)/t17-,18-/m0/s1. The Balaban J connectivity index is 2.34. The van der Waals surface area contributed by atoms with Crippen LogP contribution in [0.4, 0.5) is 5.69 Å². The molecule has 0 aliphatic heterocycles. The molecule has 2 amide bonds. The molecule has 34 heavy (non-hydrogen) atoms. The summed E-state index contributed by atoms with van der Waals surface area (Å²) in [7, 11) is -3.86. The van der Waals surface area contributed by atoms with E-state index in [2.05, 4.69) is 5.32 Å². The molecule has 0 aliphatic carbocycles. The SMILES string of the molecule is CC[C@H](C)NC(=O)[C@H](C)N(CCc1ccccc1)C(=O)CN(c1ccc(Cl)cc1Cl)S(C)(=O)=O. The second-order valence-corrected chi connectivity index (χ2v) is 10.9. The topological polar surface area (TPSA) is 86.8 Å². The third kappa shape index (κ3) is 7.89. The van der Waals surface area contributed by atoms with Crippen LogP contribution in [0.5, 0.6) is 0 Å². The summed E-state index contributed by atoms with van der Waals surface area (Å²) < 4.78 is 26.1. The fourth-order valence-corrected chi connectivity index (χ4v) is 4.74. The Labute approximate surface area is 212 Å². The average Bonchev–Trinajstić information content (AvgIpc) is 2.77. The lowest BCUT2D eigenvalue weighted by Gasteiger charge is -2.32. The Hall–Kier alpha value is -2.29. The molecule has 2 aromatic rings. The molecule has 2 rings (SSSR count). The molecule has 186 valence electrons. The lowest BCUT2D eigenvalue weighted by Crippen LogP contribution is -2.53. The Bertz CT molecular complexity index is 1100. The van der Waals surface area contributed by atoms with E-state index >= 15 is 0 Å². The molecule has 0 aliphatic rings. The fraction of sp³-hybridized carbons (Fsp3) is 0.417. The monoisotopic (exact) mass is 527 g/mol. The number of carbonyl (C=O) groups excluding carboxylic acids is 2. The van der Waals surface area contributed by atoms with Crippen molar-refractivity contribution < 1.29 is 18.0 Å². The van der Waals surface area contributed by atoms with Gasteiger partial charge in [0.05, 0.1) is 17.0 Å². The van der Waals surface area contributed by atoms with Gasteiger partial charge in [-0.05, 0) is 50.5 Å². The minimum atomic E-state index is -3.86. The van der Waals surface area contributed by atoms with Gasteiger partial charge >= 0.3 is 0 Å². The largest absolute Gasteiger partial charge is 0.352 e. The molecule has 0 heterocycles. The molecule has 7 nitrogen and oxygen atoms in total. The fourth-order valence-electron chi connectivity index (χ4n) is 3.31. The third-order valence-corrected chi connectivity index (χ3v) is 7.17. The van der Waals surface area contributed by atoms with Crippen molar-refractivity contribution in [2.75, 3.05) is 23.7 Å². The lowest BCUT2D eigenvalue weighted by atomic mass is 10.1. The van der Waals surface area contributed by atoms with Gasteiger partial charge in [0.1, 0.15) is 12.6 Å². The Morgan fingerprint density at radius 2 is 1.71 bits per heavy atom. The highest BCUT2D eigenvalue weighted by Crippen LogP contribution is 2.30. The van der Waals surface area contributed by atoms with E-state index in [1.165, 1.54) is 23.1 Å². The molecule has 0 unspecified atom stereocenters. The van der Waals surface area contributed by atoms with E-state index in [0.29, 0.717) is 11.4 Å². The second-order valence-electron chi connectivity index (χ2n) is 8.18. The highest BCUT2D eigenvalue weighted by Gasteiger charge is 2.30. The van der Waals surface area contributed by atoms with E-state index in [1.807, 2.05) is 44.2 Å². The zero-order chi connectivity index (χ0) is 25.5. The van der Waals surface area contributed by atoms with Crippen LogP contribution in [0.3, 0.4) is 0 Å². The van der Waals surface area contributed by atoms with E-state index in [9.17, 15) is 18.0 Å². The van der Waals surface area contributed by atoms with Gasteiger partial charge in [-0.25, -0.2) is 8.42 Å². The number of anilines is 1. The average molecular weight is 529 g/mol. The number of amides is 2. The Morgan fingerprint density at radius 1 is 1.06 bits per heavy atom. The zero-order valence-electron chi connectivity index (χ0n) is 19.8. The van der Waals surface area contributed by atoms with Gasteiger partial charge in [0.2, 0.25) is 21.8 Å². The molecule has 2 atom stereocenters. The first-order valence-electron chi connectivity index (χ1n) is 11.0. The van der Waals surface area contributed by atoms with Gasteiger partial charge in [-0.3, -0.25) is 13.9 Å². The number of benzene rings is 2.